The zero-order chi connectivity index (χ0) is 16.5. The number of fused-ring (bicyclic) bond motifs is 1. The van der Waals surface area contributed by atoms with Crippen molar-refractivity contribution in [2.75, 3.05) is 13.1 Å². The molecule has 7 nitrogen and oxygen atoms in total. The van der Waals surface area contributed by atoms with Crippen molar-refractivity contribution in [3.8, 4) is 0 Å². The Morgan fingerprint density at radius 1 is 1.25 bits per heavy atom. The lowest BCUT2D eigenvalue weighted by atomic mass is 10.1. The monoisotopic (exact) mass is 341 g/mol. The zero-order valence-corrected chi connectivity index (χ0v) is 13.5. The molecule has 0 atom stereocenters. The highest BCUT2D eigenvalue weighted by molar-refractivity contribution is 7.11. The lowest BCUT2D eigenvalue weighted by Gasteiger charge is -2.23. The molecule has 0 bridgehead atoms. The molecule has 0 saturated carbocycles. The number of pyridine rings is 1. The minimum Gasteiger partial charge on any atom is -0.345 e. The number of hydrogen-bond donors (Lipinski definition) is 3. The number of H-pyrrole nitrogens is 1. The maximum atomic E-state index is 12.5. The largest absolute Gasteiger partial charge is 0.345 e. The molecule has 1 fully saturated rings. The van der Waals surface area contributed by atoms with Gasteiger partial charge < -0.3 is 15.6 Å². The molecular weight excluding hydrogens is 326 g/mol. The van der Waals surface area contributed by atoms with Crippen LogP contribution in [0.25, 0.3) is 10.8 Å². The highest BCUT2D eigenvalue weighted by Crippen LogP contribution is 2.23. The molecule has 1 aliphatic rings. The molecule has 0 unspecified atom stereocenters. The average molecular weight is 341 g/mol. The summed E-state index contributed by atoms with van der Waals surface area (Å²) in [5.74, 6) is 0.194. The normalized spacial score (nSPS) is 14.5. The summed E-state index contributed by atoms with van der Waals surface area (Å²) in [7, 11) is 0. The van der Waals surface area contributed by atoms with Crippen LogP contribution in [-0.4, -0.2) is 34.2 Å². The van der Waals surface area contributed by atoms with Crippen molar-refractivity contribution < 1.29 is 4.79 Å². The van der Waals surface area contributed by atoms with E-state index in [9.17, 15) is 9.59 Å². The van der Waals surface area contributed by atoms with Crippen LogP contribution in [0.15, 0.2) is 35.3 Å². The van der Waals surface area contributed by atoms with Gasteiger partial charge in [-0.3, -0.25) is 9.59 Å². The quantitative estimate of drug-likeness (QED) is 0.657. The fourth-order valence-corrected chi connectivity index (χ4v) is 3.50. The van der Waals surface area contributed by atoms with E-state index in [0.29, 0.717) is 28.8 Å². The van der Waals surface area contributed by atoms with Crippen molar-refractivity contribution in [3.05, 3.63) is 56.4 Å². The molecule has 122 valence electrons. The Morgan fingerprint density at radius 3 is 2.79 bits per heavy atom. The Kier molecular flexibility index (Phi) is 3.83. The summed E-state index contributed by atoms with van der Waals surface area (Å²) in [5.41, 5.74) is 0.239. The summed E-state index contributed by atoms with van der Waals surface area (Å²) >= 11 is 1.53. The van der Waals surface area contributed by atoms with Gasteiger partial charge in [0.1, 0.15) is 10.0 Å². The molecule has 2 aromatic heterocycles. The van der Waals surface area contributed by atoms with E-state index in [0.717, 1.165) is 23.1 Å². The maximum Gasteiger partial charge on any atom is 0.255 e. The predicted octanol–water partition coefficient (Wildman–Crippen LogP) is 0.996. The first-order valence-corrected chi connectivity index (χ1v) is 8.45. The fraction of sp³-hybridized carbons (Fsp3) is 0.250. The standard InChI is InChI=1S/C16H15N5O2S/c22-14-11-4-2-1-3-10(11)12(7-18-14)15(23)19-8-13-20-21-16(24-13)9-5-17-6-9/h1-4,7,9,17H,5-6,8H2,(H,18,22)(H,19,23). The van der Waals surface area contributed by atoms with E-state index in [1.54, 1.807) is 18.2 Å². The van der Waals surface area contributed by atoms with E-state index in [2.05, 4.69) is 25.8 Å². The first-order chi connectivity index (χ1) is 11.7. The van der Waals surface area contributed by atoms with Crippen molar-refractivity contribution in [1.29, 1.82) is 0 Å². The Labute approximate surface area is 141 Å². The number of rotatable bonds is 4. The van der Waals surface area contributed by atoms with Crippen molar-refractivity contribution in [2.45, 2.75) is 12.5 Å². The van der Waals surface area contributed by atoms with Gasteiger partial charge in [-0.2, -0.15) is 0 Å². The summed E-state index contributed by atoms with van der Waals surface area (Å²) in [4.78, 5) is 26.9. The topological polar surface area (TPSA) is 99.8 Å². The third-order valence-corrected chi connectivity index (χ3v) is 5.15. The van der Waals surface area contributed by atoms with Gasteiger partial charge in [-0.1, -0.05) is 29.5 Å². The Morgan fingerprint density at radius 2 is 2.04 bits per heavy atom. The minimum atomic E-state index is -0.246. The highest BCUT2D eigenvalue weighted by Gasteiger charge is 2.23. The maximum absolute atomic E-state index is 12.5. The predicted molar refractivity (Wildman–Crippen MR) is 91.3 cm³/mol. The molecule has 24 heavy (non-hydrogen) atoms. The number of benzene rings is 1. The molecule has 0 spiro atoms. The van der Waals surface area contributed by atoms with Crippen molar-refractivity contribution >= 4 is 28.0 Å². The van der Waals surface area contributed by atoms with Crippen LogP contribution in [0.2, 0.25) is 0 Å². The van der Waals surface area contributed by atoms with Crippen LogP contribution >= 0.6 is 11.3 Å². The van der Waals surface area contributed by atoms with Crippen LogP contribution in [-0.2, 0) is 6.54 Å². The number of nitrogens with one attached hydrogen (secondary N) is 3. The number of aromatic amines is 1. The van der Waals surface area contributed by atoms with Crippen molar-refractivity contribution in [1.82, 2.24) is 25.8 Å². The third-order valence-electron chi connectivity index (χ3n) is 4.07. The number of nitrogens with zero attached hydrogens (tertiary/aromatic N) is 2. The summed E-state index contributed by atoms with van der Waals surface area (Å²) in [6.07, 6.45) is 1.45. The lowest BCUT2D eigenvalue weighted by Crippen LogP contribution is -2.39. The third kappa shape index (κ3) is 2.70. The van der Waals surface area contributed by atoms with E-state index >= 15 is 0 Å². The van der Waals surface area contributed by atoms with E-state index in [4.69, 9.17) is 0 Å². The Bertz CT molecular complexity index is 960. The minimum absolute atomic E-state index is 0.204. The van der Waals surface area contributed by atoms with Crippen molar-refractivity contribution in [2.24, 2.45) is 0 Å². The SMILES string of the molecule is O=C(NCc1nnc(C2CNC2)s1)c1c[nH]c(=O)c2ccccc12. The van der Waals surface area contributed by atoms with Gasteiger partial charge in [0.25, 0.3) is 11.5 Å². The number of carbonyl (C=O) groups is 1. The summed E-state index contributed by atoms with van der Waals surface area (Å²) in [5, 5.41) is 17.3. The smallest absolute Gasteiger partial charge is 0.255 e. The van der Waals surface area contributed by atoms with E-state index in [1.165, 1.54) is 17.5 Å². The highest BCUT2D eigenvalue weighted by atomic mass is 32.1. The second-order valence-corrected chi connectivity index (χ2v) is 6.74. The summed E-state index contributed by atoms with van der Waals surface area (Å²) in [6, 6.07) is 7.06. The molecule has 3 heterocycles. The van der Waals surface area contributed by atoms with Gasteiger partial charge in [0.2, 0.25) is 0 Å². The van der Waals surface area contributed by atoms with Gasteiger partial charge in [-0.25, -0.2) is 0 Å². The summed E-state index contributed by atoms with van der Waals surface area (Å²) < 4.78 is 0. The van der Waals surface area contributed by atoms with Gasteiger partial charge in [-0.15, -0.1) is 10.2 Å². The second kappa shape index (κ2) is 6.14. The lowest BCUT2D eigenvalue weighted by molar-refractivity contribution is 0.0952. The fourth-order valence-electron chi connectivity index (χ4n) is 2.61. The van der Waals surface area contributed by atoms with E-state index in [1.807, 2.05) is 6.07 Å². The molecule has 3 aromatic rings. The Hall–Kier alpha value is -2.58. The van der Waals surface area contributed by atoms with Gasteiger partial charge >= 0.3 is 0 Å². The summed E-state index contributed by atoms with van der Waals surface area (Å²) in [6.45, 7) is 2.19. The van der Waals surface area contributed by atoms with Crippen LogP contribution < -0.4 is 16.2 Å². The van der Waals surface area contributed by atoms with Crippen LogP contribution in [0.1, 0.15) is 26.3 Å². The number of amides is 1. The molecule has 1 amide bonds. The molecule has 1 aliphatic heterocycles. The number of aromatic nitrogens is 3. The van der Waals surface area contributed by atoms with Crippen molar-refractivity contribution in [3.63, 3.8) is 0 Å². The first-order valence-electron chi connectivity index (χ1n) is 7.64. The second-order valence-electron chi connectivity index (χ2n) is 5.65. The van der Waals surface area contributed by atoms with Gasteiger partial charge in [0, 0.05) is 36.0 Å². The van der Waals surface area contributed by atoms with Crippen LogP contribution in [0, 0.1) is 0 Å². The molecule has 3 N–H and O–H groups in total. The molecule has 0 aliphatic carbocycles. The molecular formula is C16H15N5O2S. The molecule has 4 rings (SSSR count). The molecule has 0 radical (unpaired) electrons. The average Bonchev–Trinajstić information content (AvgIpc) is 3.00. The number of hydrogen-bond acceptors (Lipinski definition) is 6. The van der Waals surface area contributed by atoms with E-state index in [-0.39, 0.29) is 11.5 Å². The van der Waals surface area contributed by atoms with Crippen LogP contribution in [0.5, 0.6) is 0 Å². The first kappa shape index (κ1) is 15.0. The molecule has 1 aromatic carbocycles. The molecule has 8 heteroatoms. The van der Waals surface area contributed by atoms with E-state index < -0.39 is 0 Å². The molecule has 1 saturated heterocycles. The van der Waals surface area contributed by atoms with Gasteiger partial charge in [0.05, 0.1) is 12.1 Å². The van der Waals surface area contributed by atoms with Gasteiger partial charge in [-0.05, 0) is 6.07 Å². The Balaban J connectivity index is 1.51. The zero-order valence-electron chi connectivity index (χ0n) is 12.7. The van der Waals surface area contributed by atoms with Crippen LogP contribution in [0.3, 0.4) is 0 Å². The van der Waals surface area contributed by atoms with Gasteiger partial charge in [0.15, 0.2) is 0 Å². The van der Waals surface area contributed by atoms with Crippen LogP contribution in [0.4, 0.5) is 0 Å². The number of carbonyl (C=O) groups excluding carboxylic acids is 1.